The number of nitrogens with one attached hydrogen (secondary N) is 1. The van der Waals surface area contributed by atoms with Gasteiger partial charge in [-0.2, -0.15) is 0 Å². The van der Waals surface area contributed by atoms with Crippen LogP contribution in [-0.2, 0) is 0 Å². The summed E-state index contributed by atoms with van der Waals surface area (Å²) in [6.45, 7) is 2.31. The lowest BCUT2D eigenvalue weighted by Crippen LogP contribution is -2.02. The Morgan fingerprint density at radius 2 is 1.87 bits per heavy atom. The zero-order valence-electron chi connectivity index (χ0n) is 16.3. The van der Waals surface area contributed by atoms with Crippen molar-refractivity contribution in [2.75, 3.05) is 19.0 Å². The van der Waals surface area contributed by atoms with Gasteiger partial charge in [-0.15, -0.1) is 0 Å². The van der Waals surface area contributed by atoms with E-state index in [4.69, 9.17) is 9.47 Å². The minimum Gasteiger partial charge on any atom is -0.493 e. The normalized spacial score (nSPS) is 10.8. The third-order valence-corrected chi connectivity index (χ3v) is 4.38. The summed E-state index contributed by atoms with van der Waals surface area (Å²) in [5, 5.41) is 3.69. The van der Waals surface area contributed by atoms with Crippen LogP contribution in [-0.4, -0.2) is 28.7 Å². The highest BCUT2D eigenvalue weighted by Gasteiger charge is 2.15. The van der Waals surface area contributed by atoms with Gasteiger partial charge < -0.3 is 14.8 Å². The van der Waals surface area contributed by atoms with Crippen LogP contribution in [0.2, 0.25) is 0 Å². The molecule has 0 saturated heterocycles. The zero-order valence-corrected chi connectivity index (χ0v) is 16.3. The van der Waals surface area contributed by atoms with Crippen LogP contribution < -0.4 is 14.8 Å². The van der Waals surface area contributed by atoms with Gasteiger partial charge in [0.05, 0.1) is 19.2 Å². The summed E-state index contributed by atoms with van der Waals surface area (Å²) < 4.78 is 38.1. The first-order valence-corrected chi connectivity index (χ1v) is 9.24. The number of rotatable bonds is 6. The van der Waals surface area contributed by atoms with E-state index >= 15 is 0 Å². The number of hydrogen-bond acceptors (Lipinski definition) is 6. The van der Waals surface area contributed by atoms with Gasteiger partial charge >= 0.3 is 0 Å². The Hall–Kier alpha value is -3.81. The first-order valence-electron chi connectivity index (χ1n) is 9.24. The predicted molar refractivity (Wildman–Crippen MR) is 110 cm³/mol. The second-order valence-electron chi connectivity index (χ2n) is 6.34. The topological polar surface area (TPSA) is 69.2 Å². The Labute approximate surface area is 171 Å². The maximum Gasteiger partial charge on any atom is 0.163 e. The fourth-order valence-electron chi connectivity index (χ4n) is 2.99. The van der Waals surface area contributed by atoms with Crippen LogP contribution in [0.3, 0.4) is 0 Å². The Kier molecular flexibility index (Phi) is 5.38. The number of methoxy groups -OCH3 is 1. The largest absolute Gasteiger partial charge is 0.493 e. The van der Waals surface area contributed by atoms with Crippen molar-refractivity contribution in [2.24, 2.45) is 0 Å². The van der Waals surface area contributed by atoms with E-state index in [1.54, 1.807) is 37.7 Å². The van der Waals surface area contributed by atoms with E-state index in [1.807, 2.05) is 13.0 Å². The number of benzene rings is 2. The van der Waals surface area contributed by atoms with Gasteiger partial charge in [-0.1, -0.05) is 0 Å². The number of pyridine rings is 1. The summed E-state index contributed by atoms with van der Waals surface area (Å²) in [6, 6.07) is 10.7. The van der Waals surface area contributed by atoms with Crippen molar-refractivity contribution >= 4 is 22.4 Å². The van der Waals surface area contributed by atoms with E-state index in [0.29, 0.717) is 51.9 Å². The molecule has 0 aliphatic rings. The Morgan fingerprint density at radius 1 is 1.00 bits per heavy atom. The summed E-state index contributed by atoms with van der Waals surface area (Å²) in [5.74, 6) is 0.00734. The molecule has 0 saturated carbocycles. The first-order chi connectivity index (χ1) is 14.6. The van der Waals surface area contributed by atoms with Crippen molar-refractivity contribution in [3.63, 3.8) is 0 Å². The summed E-state index contributed by atoms with van der Waals surface area (Å²) in [5.41, 5.74) is 1.65. The van der Waals surface area contributed by atoms with Crippen LogP contribution in [0, 0.1) is 11.6 Å². The van der Waals surface area contributed by atoms with Gasteiger partial charge in [0, 0.05) is 41.2 Å². The molecule has 0 fully saturated rings. The number of anilines is 2. The van der Waals surface area contributed by atoms with Gasteiger partial charge in [-0.3, -0.25) is 4.98 Å². The fraction of sp³-hybridized carbons (Fsp3) is 0.136. The molecule has 0 amide bonds. The lowest BCUT2D eigenvalue weighted by Gasteiger charge is -2.15. The van der Waals surface area contributed by atoms with Gasteiger partial charge in [0.15, 0.2) is 29.0 Å². The molecule has 0 radical (unpaired) electrons. The molecule has 8 heteroatoms. The van der Waals surface area contributed by atoms with Crippen LogP contribution in [0.4, 0.5) is 20.3 Å². The molecule has 0 aliphatic carbocycles. The zero-order chi connectivity index (χ0) is 21.1. The molecule has 0 atom stereocenters. The number of hydrogen-bond donors (Lipinski definition) is 1. The molecular formula is C22H18F2N4O2. The van der Waals surface area contributed by atoms with E-state index in [9.17, 15) is 8.78 Å². The molecule has 1 N–H and O–H groups in total. The Bertz CT molecular complexity index is 1200. The summed E-state index contributed by atoms with van der Waals surface area (Å²) in [4.78, 5) is 13.3. The SMILES string of the molecule is CCOc1cc2c(Nc3ccc(F)c(F)c3)nc(-c3cccnc3)nc2cc1OC. The summed E-state index contributed by atoms with van der Waals surface area (Å²) >= 11 is 0. The van der Waals surface area contributed by atoms with Crippen molar-refractivity contribution in [1.29, 1.82) is 0 Å². The fourth-order valence-corrected chi connectivity index (χ4v) is 2.99. The van der Waals surface area contributed by atoms with E-state index < -0.39 is 11.6 Å². The minimum absolute atomic E-state index is 0.347. The van der Waals surface area contributed by atoms with Crippen molar-refractivity contribution in [2.45, 2.75) is 6.92 Å². The monoisotopic (exact) mass is 408 g/mol. The van der Waals surface area contributed by atoms with Crippen LogP contribution in [0.25, 0.3) is 22.3 Å². The van der Waals surface area contributed by atoms with Crippen molar-refractivity contribution in [1.82, 2.24) is 15.0 Å². The van der Waals surface area contributed by atoms with Crippen molar-refractivity contribution in [3.05, 3.63) is 66.5 Å². The van der Waals surface area contributed by atoms with Gasteiger partial charge in [0.25, 0.3) is 0 Å². The number of fused-ring (bicyclic) bond motifs is 1. The molecular weight excluding hydrogens is 390 g/mol. The maximum atomic E-state index is 13.7. The summed E-state index contributed by atoms with van der Waals surface area (Å²) in [7, 11) is 1.55. The van der Waals surface area contributed by atoms with E-state index in [1.165, 1.54) is 6.07 Å². The van der Waals surface area contributed by atoms with Crippen LogP contribution >= 0.6 is 0 Å². The molecule has 30 heavy (non-hydrogen) atoms. The second-order valence-corrected chi connectivity index (χ2v) is 6.34. The molecule has 6 nitrogen and oxygen atoms in total. The highest BCUT2D eigenvalue weighted by molar-refractivity contribution is 5.94. The molecule has 4 rings (SSSR count). The molecule has 0 aliphatic heterocycles. The lowest BCUT2D eigenvalue weighted by molar-refractivity contribution is 0.311. The molecule has 2 aromatic carbocycles. The average molecular weight is 408 g/mol. The first kappa shape index (κ1) is 19.5. The minimum atomic E-state index is -0.956. The third-order valence-electron chi connectivity index (χ3n) is 4.38. The Balaban J connectivity index is 1.91. The van der Waals surface area contributed by atoms with Crippen LogP contribution in [0.1, 0.15) is 6.92 Å². The molecule has 2 heterocycles. The van der Waals surface area contributed by atoms with E-state index in [2.05, 4.69) is 20.3 Å². The molecule has 0 spiro atoms. The molecule has 4 aromatic rings. The number of ether oxygens (including phenoxy) is 2. The standard InChI is InChI=1S/C22H18F2N4O2/c1-3-30-20-10-15-18(11-19(20)29-2)27-21(13-5-4-8-25-12-13)28-22(15)26-14-6-7-16(23)17(24)9-14/h4-12H,3H2,1-2H3,(H,26,27,28). The van der Waals surface area contributed by atoms with Gasteiger partial charge in [-0.25, -0.2) is 18.7 Å². The Morgan fingerprint density at radius 3 is 2.57 bits per heavy atom. The molecule has 0 bridgehead atoms. The van der Waals surface area contributed by atoms with E-state index in [-0.39, 0.29) is 0 Å². The molecule has 0 unspecified atom stereocenters. The van der Waals surface area contributed by atoms with Crippen LogP contribution in [0.5, 0.6) is 11.5 Å². The molecule has 2 aromatic heterocycles. The lowest BCUT2D eigenvalue weighted by atomic mass is 10.1. The number of halogens is 2. The predicted octanol–water partition coefficient (Wildman–Crippen LogP) is 5.12. The van der Waals surface area contributed by atoms with E-state index in [0.717, 1.165) is 12.1 Å². The van der Waals surface area contributed by atoms with Gasteiger partial charge in [-0.05, 0) is 37.3 Å². The second kappa shape index (κ2) is 8.28. The number of nitrogens with zero attached hydrogens (tertiary/aromatic N) is 3. The highest BCUT2D eigenvalue weighted by atomic mass is 19.2. The summed E-state index contributed by atoms with van der Waals surface area (Å²) in [6.07, 6.45) is 3.30. The third kappa shape index (κ3) is 3.84. The average Bonchev–Trinajstić information content (AvgIpc) is 2.77. The van der Waals surface area contributed by atoms with Crippen LogP contribution in [0.15, 0.2) is 54.9 Å². The highest BCUT2D eigenvalue weighted by Crippen LogP contribution is 2.36. The van der Waals surface area contributed by atoms with Gasteiger partial charge in [0.1, 0.15) is 5.82 Å². The number of aromatic nitrogens is 3. The van der Waals surface area contributed by atoms with Crippen molar-refractivity contribution < 1.29 is 18.3 Å². The van der Waals surface area contributed by atoms with Crippen molar-refractivity contribution in [3.8, 4) is 22.9 Å². The quantitative estimate of drug-likeness (QED) is 0.478. The smallest absolute Gasteiger partial charge is 0.163 e. The molecule has 152 valence electrons. The van der Waals surface area contributed by atoms with Gasteiger partial charge in [0.2, 0.25) is 0 Å². The maximum absolute atomic E-state index is 13.7.